The number of amides is 1. The Kier molecular flexibility index (Phi) is 4.75. The molecule has 0 saturated carbocycles. The lowest BCUT2D eigenvalue weighted by Gasteiger charge is -2.31. The quantitative estimate of drug-likeness (QED) is 0.760. The molecule has 1 aromatic carbocycles. The number of hydrogen-bond acceptors (Lipinski definition) is 4. The average Bonchev–Trinajstić information content (AvgIpc) is 3.37. The smallest absolute Gasteiger partial charge is 0.276 e. The topological polar surface area (TPSA) is 75.0 Å². The molecule has 0 radical (unpaired) electrons. The maximum absolute atomic E-state index is 13.6. The molecule has 1 amide bonds. The van der Waals surface area contributed by atoms with Gasteiger partial charge in [0.05, 0.1) is 6.20 Å². The summed E-state index contributed by atoms with van der Waals surface area (Å²) < 4.78 is 18.9. The number of benzene rings is 1. The second kappa shape index (κ2) is 7.34. The maximum Gasteiger partial charge on any atom is 0.276 e. The lowest BCUT2D eigenvalue weighted by Crippen LogP contribution is -2.38. The van der Waals surface area contributed by atoms with Gasteiger partial charge in [-0.05, 0) is 30.5 Å². The van der Waals surface area contributed by atoms with Crippen LogP contribution >= 0.6 is 0 Å². The summed E-state index contributed by atoms with van der Waals surface area (Å²) in [5.74, 6) is 0.537. The molecule has 2 aromatic heterocycles. The van der Waals surface area contributed by atoms with Crippen LogP contribution in [0.2, 0.25) is 0 Å². The van der Waals surface area contributed by atoms with E-state index in [0.29, 0.717) is 31.0 Å². The van der Waals surface area contributed by atoms with Crippen LogP contribution in [0.1, 0.15) is 47.6 Å². The first-order valence-electron chi connectivity index (χ1n) is 9.18. The van der Waals surface area contributed by atoms with Crippen LogP contribution in [0.15, 0.2) is 41.3 Å². The summed E-state index contributed by atoms with van der Waals surface area (Å²) in [6.45, 7) is 3.22. The molecule has 1 N–H and O–H groups in total. The van der Waals surface area contributed by atoms with Gasteiger partial charge in [0.1, 0.15) is 11.6 Å². The molecule has 7 heteroatoms. The molecule has 1 fully saturated rings. The number of rotatable bonds is 4. The van der Waals surface area contributed by atoms with E-state index >= 15 is 0 Å². The van der Waals surface area contributed by atoms with Crippen LogP contribution < -0.4 is 0 Å². The van der Waals surface area contributed by atoms with Gasteiger partial charge in [0.15, 0.2) is 12.1 Å². The van der Waals surface area contributed by atoms with E-state index in [4.69, 9.17) is 4.42 Å². The van der Waals surface area contributed by atoms with Crippen molar-refractivity contribution < 1.29 is 13.6 Å². The molecule has 27 heavy (non-hydrogen) atoms. The Bertz CT molecular complexity index is 941. The Morgan fingerprint density at radius 3 is 2.93 bits per heavy atom. The molecule has 1 aliphatic rings. The number of nitrogens with zero attached hydrogens (tertiary/aromatic N) is 3. The van der Waals surface area contributed by atoms with Gasteiger partial charge in [0.25, 0.3) is 5.91 Å². The third-order valence-electron chi connectivity index (χ3n) is 5.16. The van der Waals surface area contributed by atoms with Crippen LogP contribution in [0.4, 0.5) is 4.39 Å². The molecule has 6 nitrogen and oxygen atoms in total. The van der Waals surface area contributed by atoms with Gasteiger partial charge < -0.3 is 9.32 Å². The average molecular weight is 368 g/mol. The highest BCUT2D eigenvalue weighted by Gasteiger charge is 2.29. The molecule has 0 bridgehead atoms. The number of likely N-dealkylation sites (tertiary alicyclic amines) is 1. The molecule has 140 valence electrons. The van der Waals surface area contributed by atoms with E-state index in [-0.39, 0.29) is 17.6 Å². The van der Waals surface area contributed by atoms with E-state index < -0.39 is 0 Å². The zero-order valence-electron chi connectivity index (χ0n) is 15.1. The Morgan fingerprint density at radius 2 is 2.19 bits per heavy atom. The first kappa shape index (κ1) is 17.5. The molecule has 4 rings (SSSR count). The predicted octanol–water partition coefficient (Wildman–Crippen LogP) is 3.79. The van der Waals surface area contributed by atoms with Crippen LogP contribution in [0, 0.1) is 5.82 Å². The molecule has 3 heterocycles. The lowest BCUT2D eigenvalue weighted by molar-refractivity contribution is 0.0704. The van der Waals surface area contributed by atoms with Crippen molar-refractivity contribution in [2.45, 2.75) is 32.1 Å². The van der Waals surface area contributed by atoms with Crippen molar-refractivity contribution in [1.82, 2.24) is 20.1 Å². The van der Waals surface area contributed by atoms with Gasteiger partial charge in [0.2, 0.25) is 0 Å². The number of carbonyl (C=O) groups excluding carboxylic acids is 1. The summed E-state index contributed by atoms with van der Waals surface area (Å²) in [4.78, 5) is 18.6. The third-order valence-corrected chi connectivity index (χ3v) is 5.16. The summed E-state index contributed by atoms with van der Waals surface area (Å²) in [5, 5.41) is 7.25. The number of piperidine rings is 1. The van der Waals surface area contributed by atoms with Crippen molar-refractivity contribution >= 4 is 5.91 Å². The molecular weight excluding hydrogens is 347 g/mol. The highest BCUT2D eigenvalue weighted by atomic mass is 19.1. The number of carbonyl (C=O) groups is 1. The molecule has 0 atom stereocenters. The number of aromatic amines is 1. The van der Waals surface area contributed by atoms with Gasteiger partial charge in [-0.15, -0.1) is 0 Å². The molecule has 3 aromatic rings. The Morgan fingerprint density at radius 1 is 1.37 bits per heavy atom. The summed E-state index contributed by atoms with van der Waals surface area (Å²) in [6, 6.07) is 6.53. The van der Waals surface area contributed by atoms with Gasteiger partial charge >= 0.3 is 0 Å². The SMILES string of the molecule is CCc1ocnc1C(=O)N1CCC(c2[nH]ncc2-c2cccc(F)c2)CC1. The highest BCUT2D eigenvalue weighted by molar-refractivity contribution is 5.93. The Balaban J connectivity index is 1.48. The molecule has 0 unspecified atom stereocenters. The number of oxazole rings is 1. The monoisotopic (exact) mass is 368 g/mol. The lowest BCUT2D eigenvalue weighted by atomic mass is 9.89. The minimum absolute atomic E-state index is 0.0750. The molecule has 0 aliphatic carbocycles. The first-order chi connectivity index (χ1) is 13.2. The van der Waals surface area contributed by atoms with Crippen LogP contribution in [-0.4, -0.2) is 39.1 Å². The summed E-state index contributed by atoms with van der Waals surface area (Å²) in [6.07, 6.45) is 5.34. The van der Waals surface area contributed by atoms with Gasteiger partial charge in [-0.2, -0.15) is 5.10 Å². The Labute approximate surface area is 156 Å². The first-order valence-corrected chi connectivity index (χ1v) is 9.18. The van der Waals surface area contributed by atoms with Crippen LogP contribution in [-0.2, 0) is 6.42 Å². The molecule has 0 spiro atoms. The van der Waals surface area contributed by atoms with Gasteiger partial charge in [-0.25, -0.2) is 9.37 Å². The van der Waals surface area contributed by atoms with Crippen LogP contribution in [0.3, 0.4) is 0 Å². The van der Waals surface area contributed by atoms with Gasteiger partial charge in [-0.1, -0.05) is 19.1 Å². The largest absolute Gasteiger partial charge is 0.448 e. The van der Waals surface area contributed by atoms with E-state index in [0.717, 1.165) is 29.7 Å². The van der Waals surface area contributed by atoms with Gasteiger partial charge in [-0.3, -0.25) is 9.89 Å². The number of H-pyrrole nitrogens is 1. The maximum atomic E-state index is 13.6. The van der Waals surface area contributed by atoms with E-state index in [1.165, 1.54) is 18.5 Å². The summed E-state index contributed by atoms with van der Waals surface area (Å²) in [7, 11) is 0. The summed E-state index contributed by atoms with van der Waals surface area (Å²) >= 11 is 0. The minimum Gasteiger partial charge on any atom is -0.448 e. The van der Waals surface area contributed by atoms with Crippen molar-refractivity contribution in [3.63, 3.8) is 0 Å². The molecular formula is C20H21FN4O2. The zero-order valence-corrected chi connectivity index (χ0v) is 15.1. The normalized spacial score (nSPS) is 15.3. The minimum atomic E-state index is -0.264. The number of hydrogen-bond donors (Lipinski definition) is 1. The number of nitrogens with one attached hydrogen (secondary N) is 1. The fourth-order valence-electron chi connectivity index (χ4n) is 3.71. The van der Waals surface area contributed by atoms with Gasteiger partial charge in [0, 0.05) is 36.7 Å². The molecule has 1 aliphatic heterocycles. The van der Waals surface area contributed by atoms with E-state index in [1.807, 2.05) is 17.9 Å². The zero-order chi connectivity index (χ0) is 18.8. The predicted molar refractivity (Wildman–Crippen MR) is 97.7 cm³/mol. The van der Waals surface area contributed by atoms with Crippen molar-refractivity contribution in [3.05, 3.63) is 59.8 Å². The van der Waals surface area contributed by atoms with E-state index in [1.54, 1.807) is 12.3 Å². The number of aromatic nitrogens is 3. The number of halogens is 1. The fraction of sp³-hybridized carbons (Fsp3) is 0.350. The third kappa shape index (κ3) is 3.37. The van der Waals surface area contributed by atoms with Crippen LogP contribution in [0.25, 0.3) is 11.1 Å². The fourth-order valence-corrected chi connectivity index (χ4v) is 3.71. The highest BCUT2D eigenvalue weighted by Crippen LogP contribution is 2.34. The number of aryl methyl sites for hydroxylation is 1. The standard InChI is InChI=1S/C20H21FN4O2/c1-2-17-19(22-12-27-17)20(26)25-8-6-13(7-9-25)18-16(11-23-24-18)14-4-3-5-15(21)10-14/h3-5,10-13H,2,6-9H2,1H3,(H,23,24). The van der Waals surface area contributed by atoms with E-state index in [9.17, 15) is 9.18 Å². The summed E-state index contributed by atoms with van der Waals surface area (Å²) in [5.41, 5.74) is 3.15. The van der Waals surface area contributed by atoms with Crippen molar-refractivity contribution in [2.24, 2.45) is 0 Å². The van der Waals surface area contributed by atoms with Crippen LogP contribution in [0.5, 0.6) is 0 Å². The second-order valence-electron chi connectivity index (χ2n) is 6.75. The second-order valence-corrected chi connectivity index (χ2v) is 6.75. The molecule has 1 saturated heterocycles. The van der Waals surface area contributed by atoms with E-state index in [2.05, 4.69) is 15.2 Å². The van der Waals surface area contributed by atoms with Crippen molar-refractivity contribution in [2.75, 3.05) is 13.1 Å². The Hall–Kier alpha value is -2.96. The van der Waals surface area contributed by atoms with Crippen molar-refractivity contribution in [3.8, 4) is 11.1 Å². The van der Waals surface area contributed by atoms with Crippen molar-refractivity contribution in [1.29, 1.82) is 0 Å².